The Morgan fingerprint density at radius 3 is 2.83 bits per heavy atom. The van der Waals surface area contributed by atoms with Gasteiger partial charge in [0.15, 0.2) is 0 Å². The van der Waals surface area contributed by atoms with E-state index < -0.39 is 5.97 Å². The lowest BCUT2D eigenvalue weighted by molar-refractivity contribution is -0.131. The molecule has 0 bridgehead atoms. The van der Waals surface area contributed by atoms with E-state index in [0.717, 1.165) is 14.7 Å². The summed E-state index contributed by atoms with van der Waals surface area (Å²) in [5, 5.41) is 8.93. The summed E-state index contributed by atoms with van der Waals surface area (Å²) < 4.78 is 0.814. The average molecular weight is 268 g/mol. The summed E-state index contributed by atoms with van der Waals surface area (Å²) in [6.45, 7) is 0. The van der Waals surface area contributed by atoms with Gasteiger partial charge in [-0.2, -0.15) is 0 Å². The van der Waals surface area contributed by atoms with Crippen LogP contribution >= 0.6 is 38.9 Å². The molecule has 0 aliphatic rings. The number of hydrogen-bond acceptors (Lipinski definition) is 2. The maximum Gasteiger partial charge on any atom is 0.328 e. The molecule has 0 saturated carbocycles. The molecular formula is C7H4BrClO2S. The van der Waals surface area contributed by atoms with E-state index in [9.17, 15) is 4.79 Å². The maximum atomic E-state index is 10.1. The van der Waals surface area contributed by atoms with E-state index in [4.69, 9.17) is 16.7 Å². The van der Waals surface area contributed by atoms with Gasteiger partial charge in [-0.25, -0.2) is 4.79 Å². The fourth-order valence-corrected chi connectivity index (χ4v) is 2.25. The topological polar surface area (TPSA) is 37.3 Å². The summed E-state index contributed by atoms with van der Waals surface area (Å²) in [5.41, 5.74) is 0. The van der Waals surface area contributed by atoms with E-state index in [1.54, 1.807) is 6.07 Å². The van der Waals surface area contributed by atoms with Gasteiger partial charge in [0, 0.05) is 11.0 Å². The molecule has 0 radical (unpaired) electrons. The number of thiophene rings is 1. The van der Waals surface area contributed by atoms with Gasteiger partial charge >= 0.3 is 5.97 Å². The minimum atomic E-state index is -0.962. The normalized spacial score (nSPS) is 10.8. The highest BCUT2D eigenvalue weighted by atomic mass is 79.9. The number of rotatable bonds is 2. The van der Waals surface area contributed by atoms with E-state index in [2.05, 4.69) is 15.9 Å². The van der Waals surface area contributed by atoms with Gasteiger partial charge in [-0.15, -0.1) is 11.3 Å². The number of hydrogen-bond donors (Lipinski definition) is 1. The molecule has 0 spiro atoms. The molecule has 1 N–H and O–H groups in total. The van der Waals surface area contributed by atoms with Crippen molar-refractivity contribution in [3.63, 3.8) is 0 Å². The van der Waals surface area contributed by atoms with E-state index in [1.165, 1.54) is 17.4 Å². The Balaban J connectivity index is 2.83. The minimum Gasteiger partial charge on any atom is -0.478 e. The third kappa shape index (κ3) is 2.62. The lowest BCUT2D eigenvalue weighted by Crippen LogP contribution is -1.84. The summed E-state index contributed by atoms with van der Waals surface area (Å²) >= 11 is 10.3. The van der Waals surface area contributed by atoms with Crippen LogP contribution in [0.1, 0.15) is 4.88 Å². The number of carboxylic acid groups (broad SMARTS) is 1. The highest BCUT2D eigenvalue weighted by molar-refractivity contribution is 9.11. The largest absolute Gasteiger partial charge is 0.478 e. The zero-order valence-electron chi connectivity index (χ0n) is 5.75. The minimum absolute atomic E-state index is 0.602. The zero-order valence-corrected chi connectivity index (χ0v) is 8.91. The van der Waals surface area contributed by atoms with Crippen molar-refractivity contribution in [1.82, 2.24) is 0 Å². The van der Waals surface area contributed by atoms with Gasteiger partial charge in [-0.05, 0) is 28.1 Å². The molecule has 0 aliphatic carbocycles. The lowest BCUT2D eigenvalue weighted by atomic mass is 10.4. The van der Waals surface area contributed by atoms with Gasteiger partial charge in [0.1, 0.15) is 0 Å². The SMILES string of the molecule is O=C(O)/C=C/c1cc(Cl)c(Br)s1. The van der Waals surface area contributed by atoms with E-state index in [0.29, 0.717) is 5.02 Å². The first-order chi connectivity index (χ1) is 5.59. The molecule has 0 fully saturated rings. The van der Waals surface area contributed by atoms with Crippen molar-refractivity contribution in [2.75, 3.05) is 0 Å². The molecule has 1 aromatic rings. The van der Waals surface area contributed by atoms with Crippen LogP contribution in [0.5, 0.6) is 0 Å². The Morgan fingerprint density at radius 1 is 1.75 bits per heavy atom. The van der Waals surface area contributed by atoms with Crippen molar-refractivity contribution >= 4 is 50.9 Å². The van der Waals surface area contributed by atoms with Crippen molar-refractivity contribution < 1.29 is 9.90 Å². The monoisotopic (exact) mass is 266 g/mol. The summed E-state index contributed by atoms with van der Waals surface area (Å²) in [4.78, 5) is 11.0. The summed E-state index contributed by atoms with van der Waals surface area (Å²) in [7, 11) is 0. The van der Waals surface area contributed by atoms with Gasteiger partial charge in [0.25, 0.3) is 0 Å². The van der Waals surface area contributed by atoms with Crippen molar-refractivity contribution in [1.29, 1.82) is 0 Å². The number of aliphatic carboxylic acids is 1. The third-order valence-electron chi connectivity index (χ3n) is 1.05. The zero-order chi connectivity index (χ0) is 9.14. The molecule has 0 saturated heterocycles. The molecule has 0 amide bonds. The molecule has 2 nitrogen and oxygen atoms in total. The number of carboxylic acids is 1. The van der Waals surface area contributed by atoms with Crippen molar-refractivity contribution in [2.24, 2.45) is 0 Å². The first-order valence-electron chi connectivity index (χ1n) is 2.95. The highest BCUT2D eigenvalue weighted by Gasteiger charge is 2.01. The molecule has 64 valence electrons. The summed E-state index contributed by atoms with van der Waals surface area (Å²) in [5.74, 6) is -0.962. The van der Waals surface area contributed by atoms with E-state index in [1.807, 2.05) is 0 Å². The van der Waals surface area contributed by atoms with Crippen LogP contribution in [0.15, 0.2) is 15.9 Å². The third-order valence-corrected chi connectivity index (χ3v) is 3.49. The molecule has 0 unspecified atom stereocenters. The Morgan fingerprint density at radius 2 is 2.42 bits per heavy atom. The van der Waals surface area contributed by atoms with E-state index in [-0.39, 0.29) is 0 Å². The van der Waals surface area contributed by atoms with Gasteiger partial charge in [-0.3, -0.25) is 0 Å². The van der Waals surface area contributed by atoms with Crippen LogP contribution in [0.2, 0.25) is 5.02 Å². The number of carbonyl (C=O) groups is 1. The summed E-state index contributed by atoms with van der Waals surface area (Å²) in [6.07, 6.45) is 2.58. The summed E-state index contributed by atoms with van der Waals surface area (Å²) in [6, 6.07) is 1.70. The number of halogens is 2. The first-order valence-corrected chi connectivity index (χ1v) is 4.94. The van der Waals surface area contributed by atoms with Crippen molar-refractivity contribution in [3.05, 3.63) is 25.8 Å². The Labute approximate surface area is 86.6 Å². The molecule has 1 aromatic heterocycles. The second kappa shape index (κ2) is 4.07. The molecule has 5 heteroatoms. The Kier molecular flexibility index (Phi) is 3.31. The quantitative estimate of drug-likeness (QED) is 0.835. The molecule has 0 aliphatic heterocycles. The van der Waals surface area contributed by atoms with Crippen LogP contribution < -0.4 is 0 Å². The molecule has 1 heterocycles. The molecule has 1 rings (SSSR count). The highest BCUT2D eigenvalue weighted by Crippen LogP contribution is 2.32. The average Bonchev–Trinajstić information content (AvgIpc) is 2.28. The van der Waals surface area contributed by atoms with Crippen LogP contribution in [0, 0.1) is 0 Å². The van der Waals surface area contributed by atoms with Gasteiger partial charge in [-0.1, -0.05) is 11.6 Å². The molecule has 0 atom stereocenters. The van der Waals surface area contributed by atoms with Gasteiger partial charge in [0.05, 0.1) is 8.81 Å². The fraction of sp³-hybridized carbons (Fsp3) is 0. The predicted molar refractivity (Wildman–Crippen MR) is 53.7 cm³/mol. The predicted octanol–water partition coefficient (Wildman–Crippen LogP) is 3.26. The standard InChI is InChI=1S/C7H4BrClO2S/c8-7-5(9)3-4(12-7)1-2-6(10)11/h1-3H,(H,10,11)/b2-1+. The first kappa shape index (κ1) is 9.77. The smallest absolute Gasteiger partial charge is 0.328 e. The van der Waals surface area contributed by atoms with Crippen molar-refractivity contribution in [2.45, 2.75) is 0 Å². The van der Waals surface area contributed by atoms with Crippen LogP contribution in [-0.2, 0) is 4.79 Å². The van der Waals surface area contributed by atoms with Crippen LogP contribution in [0.3, 0.4) is 0 Å². The van der Waals surface area contributed by atoms with Crippen LogP contribution in [0.25, 0.3) is 6.08 Å². The van der Waals surface area contributed by atoms with E-state index >= 15 is 0 Å². The second-order valence-electron chi connectivity index (χ2n) is 1.94. The van der Waals surface area contributed by atoms with Gasteiger partial charge in [0.2, 0.25) is 0 Å². The Bertz CT molecular complexity index is 313. The molecule has 0 aromatic carbocycles. The maximum absolute atomic E-state index is 10.1. The molecular weight excluding hydrogens is 263 g/mol. The molecule has 12 heavy (non-hydrogen) atoms. The lowest BCUT2D eigenvalue weighted by Gasteiger charge is -1.79. The van der Waals surface area contributed by atoms with Crippen LogP contribution in [0.4, 0.5) is 0 Å². The second-order valence-corrected chi connectivity index (χ2v) is 4.75. The van der Waals surface area contributed by atoms with Crippen molar-refractivity contribution in [3.8, 4) is 0 Å². The Hall–Kier alpha value is -0.320. The van der Waals surface area contributed by atoms with Gasteiger partial charge < -0.3 is 5.11 Å². The fourth-order valence-electron chi connectivity index (χ4n) is 0.599. The van der Waals surface area contributed by atoms with Crippen LogP contribution in [-0.4, -0.2) is 11.1 Å².